The van der Waals surface area contributed by atoms with Crippen LogP contribution in [0.2, 0.25) is 5.02 Å². The number of nitrogens with one attached hydrogen (secondary N) is 1. The van der Waals surface area contributed by atoms with Gasteiger partial charge in [-0.3, -0.25) is 4.79 Å². The molecular weight excluding hydrogens is 458 g/mol. The number of carboxylic acid groups (broad SMARTS) is 2. The van der Waals surface area contributed by atoms with Gasteiger partial charge in [0.2, 0.25) is 0 Å². The van der Waals surface area contributed by atoms with Crippen LogP contribution >= 0.6 is 11.6 Å². The maximum absolute atomic E-state index is 12.7. The molecule has 9 heteroatoms. The predicted octanol–water partition coefficient (Wildman–Crippen LogP) is 5.00. The fourth-order valence-electron chi connectivity index (χ4n) is 3.54. The number of aromatic nitrogens is 1. The molecule has 1 amide bonds. The summed E-state index contributed by atoms with van der Waals surface area (Å²) in [6.45, 7) is 5.27. The van der Waals surface area contributed by atoms with E-state index in [1.165, 1.54) is 18.2 Å². The number of carbonyl (C=O) groups excluding carboxylic acids is 1. The van der Waals surface area contributed by atoms with E-state index in [2.05, 4.69) is 5.32 Å². The monoisotopic (exact) mass is 477 g/mol. The number of aryl methyl sites for hydroxylation is 2. The quantitative estimate of drug-likeness (QED) is 0.338. The standard InChI is InChI=1S/C25H20ClN3O5/c1-13-4-5-20(26)11-22(13)28-23(30)19(12-27)7-16-6-14(2)29(15(16)3)21-9-17(24(31)32)8-18(10-21)25(33)34/h4-11H,1-3H3,(H,28,30)(H,31,32)(H,33,34)/b19-7-. The van der Waals surface area contributed by atoms with Gasteiger partial charge in [0.05, 0.1) is 11.1 Å². The Morgan fingerprint density at radius 2 is 1.62 bits per heavy atom. The molecule has 0 atom stereocenters. The van der Waals surface area contributed by atoms with E-state index < -0.39 is 17.8 Å². The fraction of sp³-hybridized carbons (Fsp3) is 0.120. The molecule has 0 bridgehead atoms. The van der Waals surface area contributed by atoms with Gasteiger partial charge in [-0.25, -0.2) is 9.59 Å². The van der Waals surface area contributed by atoms with Crippen molar-refractivity contribution in [3.8, 4) is 11.8 Å². The van der Waals surface area contributed by atoms with Gasteiger partial charge in [0, 0.05) is 27.8 Å². The fourth-order valence-corrected chi connectivity index (χ4v) is 3.71. The van der Waals surface area contributed by atoms with E-state index in [1.807, 2.05) is 6.07 Å². The van der Waals surface area contributed by atoms with Crippen LogP contribution in [0.25, 0.3) is 11.8 Å². The predicted molar refractivity (Wildman–Crippen MR) is 128 cm³/mol. The number of hydrogen-bond acceptors (Lipinski definition) is 4. The summed E-state index contributed by atoms with van der Waals surface area (Å²) in [6.07, 6.45) is 1.42. The number of anilines is 1. The van der Waals surface area contributed by atoms with E-state index in [0.717, 1.165) is 11.6 Å². The molecule has 2 aromatic carbocycles. The molecule has 8 nitrogen and oxygen atoms in total. The number of nitrogens with zero attached hydrogens (tertiary/aromatic N) is 2. The highest BCUT2D eigenvalue weighted by Crippen LogP contribution is 2.26. The van der Waals surface area contributed by atoms with Gasteiger partial charge in [-0.05, 0) is 74.4 Å². The first-order valence-corrected chi connectivity index (χ1v) is 10.4. The van der Waals surface area contributed by atoms with E-state index in [0.29, 0.717) is 33.3 Å². The minimum atomic E-state index is -1.26. The summed E-state index contributed by atoms with van der Waals surface area (Å²) in [5.41, 5.74) is 2.90. The average molecular weight is 478 g/mol. The summed E-state index contributed by atoms with van der Waals surface area (Å²) in [4.78, 5) is 35.7. The number of carboxylic acids is 2. The third kappa shape index (κ3) is 5.00. The summed E-state index contributed by atoms with van der Waals surface area (Å²) < 4.78 is 1.67. The second-order valence-electron chi connectivity index (χ2n) is 7.62. The molecule has 1 aromatic heterocycles. The maximum atomic E-state index is 12.7. The van der Waals surface area contributed by atoms with E-state index in [9.17, 15) is 29.9 Å². The molecule has 34 heavy (non-hydrogen) atoms. The Morgan fingerprint density at radius 3 is 2.18 bits per heavy atom. The summed E-state index contributed by atoms with van der Waals surface area (Å²) in [7, 11) is 0. The Morgan fingerprint density at radius 1 is 1.00 bits per heavy atom. The lowest BCUT2D eigenvalue weighted by Gasteiger charge is -2.12. The molecular formula is C25H20ClN3O5. The van der Waals surface area contributed by atoms with Crippen molar-refractivity contribution in [3.05, 3.63) is 86.7 Å². The zero-order valence-electron chi connectivity index (χ0n) is 18.5. The lowest BCUT2D eigenvalue weighted by atomic mass is 10.1. The minimum Gasteiger partial charge on any atom is -0.478 e. The van der Waals surface area contributed by atoms with Gasteiger partial charge in [0.25, 0.3) is 5.91 Å². The van der Waals surface area contributed by atoms with Crippen LogP contribution in [0.15, 0.2) is 48.0 Å². The Kier molecular flexibility index (Phi) is 6.89. The van der Waals surface area contributed by atoms with Crippen molar-refractivity contribution in [2.24, 2.45) is 0 Å². The zero-order valence-corrected chi connectivity index (χ0v) is 19.3. The highest BCUT2D eigenvalue weighted by Gasteiger charge is 2.18. The minimum absolute atomic E-state index is 0.148. The molecule has 0 aliphatic heterocycles. The number of nitriles is 1. The maximum Gasteiger partial charge on any atom is 0.335 e. The highest BCUT2D eigenvalue weighted by atomic mass is 35.5. The van der Waals surface area contributed by atoms with Crippen molar-refractivity contribution in [2.75, 3.05) is 5.32 Å². The molecule has 0 saturated carbocycles. The number of halogens is 1. The largest absolute Gasteiger partial charge is 0.478 e. The molecule has 3 rings (SSSR count). The normalized spacial score (nSPS) is 11.1. The second-order valence-corrected chi connectivity index (χ2v) is 8.06. The zero-order chi connectivity index (χ0) is 25.2. The first-order valence-electron chi connectivity index (χ1n) is 10.0. The van der Waals surface area contributed by atoms with Gasteiger partial charge in [-0.2, -0.15) is 5.26 Å². The van der Waals surface area contributed by atoms with E-state index in [4.69, 9.17) is 11.6 Å². The summed E-state index contributed by atoms with van der Waals surface area (Å²) in [5, 5.41) is 31.5. The van der Waals surface area contributed by atoms with Crippen molar-refractivity contribution in [1.29, 1.82) is 5.26 Å². The lowest BCUT2D eigenvalue weighted by Crippen LogP contribution is -2.14. The van der Waals surface area contributed by atoms with Crippen LogP contribution in [0.4, 0.5) is 5.69 Å². The van der Waals surface area contributed by atoms with Crippen molar-refractivity contribution in [1.82, 2.24) is 4.57 Å². The molecule has 1 heterocycles. The third-order valence-corrected chi connectivity index (χ3v) is 5.49. The topological polar surface area (TPSA) is 132 Å². The molecule has 0 aliphatic rings. The van der Waals surface area contributed by atoms with Crippen molar-refractivity contribution >= 4 is 41.2 Å². The highest BCUT2D eigenvalue weighted by molar-refractivity contribution is 6.31. The Hall–Kier alpha value is -4.35. The van der Waals surface area contributed by atoms with Crippen molar-refractivity contribution < 1.29 is 24.6 Å². The molecule has 0 aliphatic carbocycles. The molecule has 0 unspecified atom stereocenters. The van der Waals surface area contributed by atoms with Crippen molar-refractivity contribution in [2.45, 2.75) is 20.8 Å². The number of rotatable bonds is 6. The smallest absolute Gasteiger partial charge is 0.335 e. The van der Waals surface area contributed by atoms with Gasteiger partial charge >= 0.3 is 11.9 Å². The first-order chi connectivity index (χ1) is 16.0. The molecule has 3 aromatic rings. The second kappa shape index (κ2) is 9.65. The van der Waals surface area contributed by atoms with Gasteiger partial charge in [-0.1, -0.05) is 17.7 Å². The van der Waals surface area contributed by atoms with Gasteiger partial charge in [0.1, 0.15) is 11.6 Å². The first kappa shape index (κ1) is 24.3. The lowest BCUT2D eigenvalue weighted by molar-refractivity contribution is -0.112. The molecule has 0 radical (unpaired) electrons. The van der Waals surface area contributed by atoms with Crippen LogP contribution < -0.4 is 5.32 Å². The van der Waals surface area contributed by atoms with E-state index in [1.54, 1.807) is 49.6 Å². The summed E-state index contributed by atoms with van der Waals surface area (Å²) in [6, 6.07) is 12.5. The number of carbonyl (C=O) groups is 3. The SMILES string of the molecule is Cc1ccc(Cl)cc1NC(=O)/C(C#N)=C\c1cc(C)n(-c2cc(C(=O)O)cc(C(=O)O)c2)c1C. The number of aromatic carboxylic acids is 2. The van der Waals surface area contributed by atoms with Crippen LogP contribution in [0.5, 0.6) is 0 Å². The van der Waals surface area contributed by atoms with Gasteiger partial charge in [0.15, 0.2) is 0 Å². The van der Waals surface area contributed by atoms with Crippen LogP contribution in [0.1, 0.15) is 43.2 Å². The number of amides is 1. The molecule has 0 fully saturated rings. The van der Waals surface area contributed by atoms with Crippen molar-refractivity contribution in [3.63, 3.8) is 0 Å². The van der Waals surface area contributed by atoms with Gasteiger partial charge < -0.3 is 20.1 Å². The van der Waals surface area contributed by atoms with Crippen LogP contribution in [-0.2, 0) is 4.79 Å². The average Bonchev–Trinajstić information content (AvgIpc) is 3.06. The van der Waals surface area contributed by atoms with Crippen LogP contribution in [-0.4, -0.2) is 32.6 Å². The molecule has 0 saturated heterocycles. The Labute approximate surface area is 200 Å². The molecule has 3 N–H and O–H groups in total. The molecule has 172 valence electrons. The third-order valence-electron chi connectivity index (χ3n) is 5.25. The summed E-state index contributed by atoms with van der Waals surface area (Å²) >= 11 is 6.00. The number of benzene rings is 2. The van der Waals surface area contributed by atoms with Gasteiger partial charge in [-0.15, -0.1) is 0 Å². The van der Waals surface area contributed by atoms with E-state index in [-0.39, 0.29) is 16.7 Å². The Bertz CT molecular complexity index is 1380. The number of hydrogen-bond donors (Lipinski definition) is 3. The van der Waals surface area contributed by atoms with Crippen LogP contribution in [0, 0.1) is 32.1 Å². The van der Waals surface area contributed by atoms with E-state index >= 15 is 0 Å². The summed E-state index contributed by atoms with van der Waals surface area (Å²) in [5.74, 6) is -3.13. The Balaban J connectivity index is 2.04. The molecule has 0 spiro atoms. The van der Waals surface area contributed by atoms with Crippen LogP contribution in [0.3, 0.4) is 0 Å².